The van der Waals surface area contributed by atoms with E-state index >= 15 is 0 Å². The second-order valence-electron chi connectivity index (χ2n) is 5.00. The number of carbonyl (C=O) groups is 1. The van der Waals surface area contributed by atoms with E-state index in [0.29, 0.717) is 13.0 Å². The summed E-state index contributed by atoms with van der Waals surface area (Å²) < 4.78 is 40.9. The molecule has 0 unspecified atom stereocenters. The summed E-state index contributed by atoms with van der Waals surface area (Å²) in [6, 6.07) is 4.48. The summed E-state index contributed by atoms with van der Waals surface area (Å²) in [5.74, 6) is -0.471. The number of anilines is 1. The molecule has 0 aromatic heterocycles. The Hall–Kier alpha value is -1.96. The van der Waals surface area contributed by atoms with Crippen molar-refractivity contribution < 1.29 is 27.8 Å². The largest absolute Gasteiger partial charge is 0.573 e. The molecule has 0 spiro atoms. The minimum atomic E-state index is -4.83. The van der Waals surface area contributed by atoms with Crippen molar-refractivity contribution >= 4 is 11.7 Å². The first-order valence-corrected chi connectivity index (χ1v) is 6.94. The molecule has 8 heteroatoms. The number of nitrogens with zero attached hydrogens (tertiary/aromatic N) is 1. The molecule has 22 heavy (non-hydrogen) atoms. The zero-order valence-corrected chi connectivity index (χ0v) is 11.8. The quantitative estimate of drug-likeness (QED) is 0.901. The van der Waals surface area contributed by atoms with Crippen LogP contribution in [0.5, 0.6) is 5.75 Å². The van der Waals surface area contributed by atoms with Gasteiger partial charge in [0.15, 0.2) is 5.75 Å². The molecule has 1 aromatic rings. The van der Waals surface area contributed by atoms with Crippen LogP contribution >= 0.6 is 0 Å². The molecular formula is C14H17F3N2O3. The lowest BCUT2D eigenvalue weighted by Crippen LogP contribution is -2.47. The van der Waals surface area contributed by atoms with Crippen molar-refractivity contribution in [2.45, 2.75) is 31.7 Å². The van der Waals surface area contributed by atoms with Crippen molar-refractivity contribution in [2.24, 2.45) is 0 Å². The summed E-state index contributed by atoms with van der Waals surface area (Å²) in [6.07, 6.45) is -2.46. The fraction of sp³-hybridized carbons (Fsp3) is 0.500. The zero-order valence-electron chi connectivity index (χ0n) is 11.8. The van der Waals surface area contributed by atoms with E-state index in [0.717, 1.165) is 18.9 Å². The van der Waals surface area contributed by atoms with Gasteiger partial charge in [-0.2, -0.15) is 0 Å². The second kappa shape index (κ2) is 6.87. The van der Waals surface area contributed by atoms with Gasteiger partial charge in [0.2, 0.25) is 0 Å². The van der Waals surface area contributed by atoms with E-state index in [1.165, 1.54) is 23.1 Å². The number of urea groups is 1. The van der Waals surface area contributed by atoms with Crippen LogP contribution in [0.15, 0.2) is 24.3 Å². The molecule has 0 radical (unpaired) electrons. The average Bonchev–Trinajstić information content (AvgIpc) is 2.47. The molecule has 0 saturated carbocycles. The predicted octanol–water partition coefficient (Wildman–Crippen LogP) is 2.96. The molecule has 1 fully saturated rings. The highest BCUT2D eigenvalue weighted by atomic mass is 19.4. The van der Waals surface area contributed by atoms with Crippen LogP contribution < -0.4 is 10.1 Å². The third-order valence-corrected chi connectivity index (χ3v) is 3.45. The zero-order chi connectivity index (χ0) is 16.2. The Morgan fingerprint density at radius 1 is 1.36 bits per heavy atom. The van der Waals surface area contributed by atoms with E-state index in [4.69, 9.17) is 0 Å². The third-order valence-electron chi connectivity index (χ3n) is 3.45. The van der Waals surface area contributed by atoms with Crippen LogP contribution in [0.1, 0.15) is 19.3 Å². The summed E-state index contributed by atoms with van der Waals surface area (Å²) >= 11 is 0. The van der Waals surface area contributed by atoms with Crippen molar-refractivity contribution in [3.05, 3.63) is 24.3 Å². The van der Waals surface area contributed by atoms with Crippen LogP contribution in [0.25, 0.3) is 0 Å². The van der Waals surface area contributed by atoms with Crippen LogP contribution in [0.4, 0.5) is 23.7 Å². The molecule has 1 aromatic carbocycles. The minimum absolute atomic E-state index is 0.0629. The lowest BCUT2D eigenvalue weighted by molar-refractivity contribution is -0.274. The van der Waals surface area contributed by atoms with E-state index in [-0.39, 0.29) is 18.3 Å². The van der Waals surface area contributed by atoms with Gasteiger partial charge in [-0.15, -0.1) is 13.2 Å². The summed E-state index contributed by atoms with van der Waals surface area (Å²) in [4.78, 5) is 13.7. The lowest BCUT2D eigenvalue weighted by atomic mass is 10.0. The summed E-state index contributed by atoms with van der Waals surface area (Å²) in [7, 11) is 0. The SMILES string of the molecule is O=C(Nc1ccccc1OC(F)(F)F)N1CCCC[C@@H]1CO. The number of aliphatic hydroxyl groups excluding tert-OH is 1. The predicted molar refractivity (Wildman–Crippen MR) is 73.6 cm³/mol. The highest BCUT2D eigenvalue weighted by molar-refractivity contribution is 5.91. The van der Waals surface area contributed by atoms with E-state index in [2.05, 4.69) is 10.1 Å². The molecule has 2 N–H and O–H groups in total. The number of amides is 2. The smallest absolute Gasteiger partial charge is 0.404 e. The number of halogens is 3. The minimum Gasteiger partial charge on any atom is -0.404 e. The van der Waals surface area contributed by atoms with Crippen LogP contribution in [0.3, 0.4) is 0 Å². The van der Waals surface area contributed by atoms with Crippen molar-refractivity contribution in [1.29, 1.82) is 0 Å². The second-order valence-corrected chi connectivity index (χ2v) is 5.00. The van der Waals surface area contributed by atoms with Crippen molar-refractivity contribution in [1.82, 2.24) is 4.90 Å². The number of aliphatic hydroxyl groups is 1. The summed E-state index contributed by atoms with van der Waals surface area (Å²) in [5.41, 5.74) is -0.0629. The Balaban J connectivity index is 2.11. The maximum atomic E-state index is 12.4. The van der Waals surface area contributed by atoms with E-state index in [1.54, 1.807) is 0 Å². The van der Waals surface area contributed by atoms with Crippen LogP contribution in [-0.2, 0) is 0 Å². The maximum Gasteiger partial charge on any atom is 0.573 e. The number of nitrogens with one attached hydrogen (secondary N) is 1. The molecule has 0 aliphatic carbocycles. The first-order valence-electron chi connectivity index (χ1n) is 6.94. The monoisotopic (exact) mass is 318 g/mol. The number of hydrogen-bond donors (Lipinski definition) is 2. The van der Waals surface area contributed by atoms with Crippen molar-refractivity contribution in [3.8, 4) is 5.75 Å². The van der Waals surface area contributed by atoms with Gasteiger partial charge in [0.1, 0.15) is 0 Å². The Kier molecular flexibility index (Phi) is 5.12. The average molecular weight is 318 g/mol. The summed E-state index contributed by atoms with van der Waals surface area (Å²) in [5, 5.41) is 11.7. The van der Waals surface area contributed by atoms with Gasteiger partial charge in [0.25, 0.3) is 0 Å². The van der Waals surface area contributed by atoms with E-state index in [1.807, 2.05) is 0 Å². The molecule has 1 atom stereocenters. The molecular weight excluding hydrogens is 301 g/mol. The number of para-hydroxylation sites is 2. The molecule has 122 valence electrons. The Bertz CT molecular complexity index is 522. The van der Waals surface area contributed by atoms with Gasteiger partial charge in [-0.25, -0.2) is 4.79 Å². The van der Waals surface area contributed by atoms with Gasteiger partial charge in [0.05, 0.1) is 18.3 Å². The molecule has 1 aliphatic rings. The number of ether oxygens (including phenoxy) is 1. The molecule has 1 saturated heterocycles. The summed E-state index contributed by atoms with van der Waals surface area (Å²) in [6.45, 7) is 0.285. The molecule has 1 heterocycles. The number of rotatable bonds is 3. The Morgan fingerprint density at radius 2 is 2.09 bits per heavy atom. The van der Waals surface area contributed by atoms with Crippen molar-refractivity contribution in [2.75, 3.05) is 18.5 Å². The number of hydrogen-bond acceptors (Lipinski definition) is 3. The first-order chi connectivity index (χ1) is 10.4. The van der Waals surface area contributed by atoms with Gasteiger partial charge >= 0.3 is 12.4 Å². The van der Waals surface area contributed by atoms with Crippen LogP contribution in [0.2, 0.25) is 0 Å². The van der Waals surface area contributed by atoms with Gasteiger partial charge in [-0.3, -0.25) is 0 Å². The molecule has 2 amide bonds. The van der Waals surface area contributed by atoms with E-state index in [9.17, 15) is 23.1 Å². The maximum absolute atomic E-state index is 12.4. The van der Waals surface area contributed by atoms with Gasteiger partial charge in [0, 0.05) is 6.54 Å². The number of piperidine rings is 1. The normalized spacial score (nSPS) is 18.9. The molecule has 5 nitrogen and oxygen atoms in total. The number of benzene rings is 1. The Labute approximate surface area is 125 Å². The van der Waals surface area contributed by atoms with Crippen LogP contribution in [-0.4, -0.2) is 41.6 Å². The first kappa shape index (κ1) is 16.4. The fourth-order valence-corrected chi connectivity index (χ4v) is 2.43. The third kappa shape index (κ3) is 4.27. The standard InChI is InChI=1S/C14H17F3N2O3/c15-14(16,17)22-12-7-2-1-6-11(12)18-13(21)19-8-4-3-5-10(19)9-20/h1-2,6-7,10,20H,3-5,8-9H2,(H,18,21)/t10-/m1/s1. The number of alkyl halides is 3. The number of likely N-dealkylation sites (tertiary alicyclic amines) is 1. The molecule has 2 rings (SSSR count). The van der Waals surface area contributed by atoms with Crippen LogP contribution in [0, 0.1) is 0 Å². The highest BCUT2D eigenvalue weighted by Gasteiger charge is 2.33. The van der Waals surface area contributed by atoms with Crippen molar-refractivity contribution in [3.63, 3.8) is 0 Å². The lowest BCUT2D eigenvalue weighted by Gasteiger charge is -2.34. The highest BCUT2D eigenvalue weighted by Crippen LogP contribution is 2.30. The van der Waals surface area contributed by atoms with Gasteiger partial charge in [-0.1, -0.05) is 12.1 Å². The van der Waals surface area contributed by atoms with Gasteiger partial charge in [-0.05, 0) is 31.4 Å². The molecule has 1 aliphatic heterocycles. The fourth-order valence-electron chi connectivity index (χ4n) is 2.43. The van der Waals surface area contributed by atoms with E-state index < -0.39 is 18.1 Å². The van der Waals surface area contributed by atoms with Gasteiger partial charge < -0.3 is 20.1 Å². The topological polar surface area (TPSA) is 61.8 Å². The molecule has 0 bridgehead atoms. The number of carbonyl (C=O) groups excluding carboxylic acids is 1. The Morgan fingerprint density at radius 3 is 2.77 bits per heavy atom.